The number of anilines is 1. The van der Waals surface area contributed by atoms with E-state index in [2.05, 4.69) is 34.3 Å². The summed E-state index contributed by atoms with van der Waals surface area (Å²) in [6.45, 7) is 2.09. The minimum absolute atomic E-state index is 0.0704. The van der Waals surface area contributed by atoms with Gasteiger partial charge in [0.2, 0.25) is 0 Å². The Balaban J connectivity index is 1.78. The predicted molar refractivity (Wildman–Crippen MR) is 126 cm³/mol. The Morgan fingerprint density at radius 1 is 1.00 bits per heavy atom. The van der Waals surface area contributed by atoms with E-state index in [-0.39, 0.29) is 6.04 Å². The van der Waals surface area contributed by atoms with Crippen molar-refractivity contribution in [2.24, 2.45) is 0 Å². The Labute approximate surface area is 190 Å². The number of hydrogen-bond acceptors (Lipinski definition) is 8. The lowest BCUT2D eigenvalue weighted by Gasteiger charge is -2.15. The monoisotopic (exact) mass is 449 g/mol. The van der Waals surface area contributed by atoms with Crippen molar-refractivity contribution in [3.63, 3.8) is 0 Å². The molecule has 0 fully saturated rings. The lowest BCUT2D eigenvalue weighted by molar-refractivity contribution is 0.0600. The molecule has 1 atom stereocenters. The number of esters is 1. The zero-order valence-corrected chi connectivity index (χ0v) is 19.0. The lowest BCUT2D eigenvalue weighted by Crippen LogP contribution is -2.08. The third-order valence-electron chi connectivity index (χ3n) is 5.16. The van der Waals surface area contributed by atoms with Gasteiger partial charge < -0.3 is 19.5 Å². The fourth-order valence-corrected chi connectivity index (χ4v) is 4.57. The summed E-state index contributed by atoms with van der Waals surface area (Å²) in [5.74, 6) is 1.31. The van der Waals surface area contributed by atoms with Gasteiger partial charge in [-0.25, -0.2) is 14.8 Å². The normalized spacial score (nSPS) is 11.8. The smallest absolute Gasteiger partial charge is 0.338 e. The van der Waals surface area contributed by atoms with Crippen LogP contribution in [0.4, 0.5) is 5.82 Å². The summed E-state index contributed by atoms with van der Waals surface area (Å²) in [7, 11) is 4.45. The van der Waals surface area contributed by atoms with Crippen molar-refractivity contribution in [3.05, 3.63) is 66.0 Å². The van der Waals surface area contributed by atoms with E-state index in [9.17, 15) is 4.79 Å². The number of hydrogen-bond donors (Lipinski definition) is 1. The average molecular weight is 450 g/mol. The van der Waals surface area contributed by atoms with Gasteiger partial charge in [0.25, 0.3) is 0 Å². The first-order valence-electron chi connectivity index (χ1n) is 9.96. The van der Waals surface area contributed by atoms with E-state index in [1.165, 1.54) is 18.4 Å². The summed E-state index contributed by atoms with van der Waals surface area (Å²) >= 11 is 1.50. The molecule has 0 bridgehead atoms. The van der Waals surface area contributed by atoms with Crippen molar-refractivity contribution >= 4 is 33.3 Å². The molecule has 2 aromatic heterocycles. The summed E-state index contributed by atoms with van der Waals surface area (Å²) in [5, 5.41) is 4.39. The third kappa shape index (κ3) is 4.09. The molecule has 0 aliphatic carbocycles. The van der Waals surface area contributed by atoms with Crippen LogP contribution in [0, 0.1) is 0 Å². The number of ether oxygens (including phenoxy) is 3. The Kier molecular flexibility index (Phi) is 6.23. The molecule has 0 amide bonds. The van der Waals surface area contributed by atoms with Crippen molar-refractivity contribution in [3.8, 4) is 21.9 Å². The van der Waals surface area contributed by atoms with Crippen LogP contribution in [0.1, 0.15) is 28.9 Å². The van der Waals surface area contributed by atoms with Crippen LogP contribution in [-0.4, -0.2) is 37.3 Å². The van der Waals surface area contributed by atoms with Crippen molar-refractivity contribution in [1.82, 2.24) is 9.97 Å². The Morgan fingerprint density at radius 3 is 2.31 bits per heavy atom. The molecule has 0 saturated carbocycles. The fourth-order valence-electron chi connectivity index (χ4n) is 3.51. The zero-order chi connectivity index (χ0) is 22.7. The molecule has 7 nitrogen and oxygen atoms in total. The minimum atomic E-state index is -0.461. The van der Waals surface area contributed by atoms with Gasteiger partial charge in [-0.15, -0.1) is 11.3 Å². The molecular weight excluding hydrogens is 426 g/mol. The van der Waals surface area contributed by atoms with E-state index in [0.717, 1.165) is 32.0 Å². The maximum absolute atomic E-state index is 12.0. The number of rotatable bonds is 7. The van der Waals surface area contributed by atoms with Crippen LogP contribution in [0.5, 0.6) is 11.5 Å². The van der Waals surface area contributed by atoms with Gasteiger partial charge in [0, 0.05) is 10.9 Å². The summed E-state index contributed by atoms with van der Waals surface area (Å²) in [6, 6.07) is 15.6. The van der Waals surface area contributed by atoms with Crippen LogP contribution in [0.2, 0.25) is 0 Å². The quantitative estimate of drug-likeness (QED) is 0.382. The van der Waals surface area contributed by atoms with Crippen LogP contribution in [-0.2, 0) is 4.74 Å². The van der Waals surface area contributed by atoms with Gasteiger partial charge in [-0.1, -0.05) is 30.3 Å². The predicted octanol–water partition coefficient (Wildman–Crippen LogP) is 5.34. The molecule has 4 aromatic rings. The van der Waals surface area contributed by atoms with Crippen LogP contribution in [0.15, 0.2) is 54.9 Å². The molecule has 0 radical (unpaired) electrons. The van der Waals surface area contributed by atoms with E-state index in [1.807, 2.05) is 24.3 Å². The maximum Gasteiger partial charge on any atom is 0.338 e. The molecule has 0 spiro atoms. The topological polar surface area (TPSA) is 82.6 Å². The molecule has 2 aromatic carbocycles. The highest BCUT2D eigenvalue weighted by molar-refractivity contribution is 7.22. The number of nitrogens with one attached hydrogen (secondary N) is 1. The molecule has 0 unspecified atom stereocenters. The second-order valence-electron chi connectivity index (χ2n) is 7.08. The van der Waals surface area contributed by atoms with Gasteiger partial charge in [0.15, 0.2) is 0 Å². The molecule has 8 heteroatoms. The van der Waals surface area contributed by atoms with Crippen LogP contribution in [0.3, 0.4) is 0 Å². The van der Waals surface area contributed by atoms with Gasteiger partial charge in [-0.2, -0.15) is 0 Å². The van der Waals surface area contributed by atoms with Gasteiger partial charge in [-0.05, 0) is 30.7 Å². The number of carbonyl (C=O) groups excluding carboxylic acids is 1. The first kappa shape index (κ1) is 21.6. The molecule has 0 saturated heterocycles. The number of fused-ring (bicyclic) bond motifs is 1. The number of benzene rings is 2. The number of nitrogens with zero attached hydrogens (tertiary/aromatic N) is 2. The maximum atomic E-state index is 12.0. The van der Waals surface area contributed by atoms with Crippen molar-refractivity contribution < 1.29 is 19.0 Å². The number of thiophene rings is 1. The highest BCUT2D eigenvalue weighted by atomic mass is 32.1. The average Bonchev–Trinajstić information content (AvgIpc) is 3.28. The molecule has 32 heavy (non-hydrogen) atoms. The molecule has 164 valence electrons. The molecule has 2 heterocycles. The van der Waals surface area contributed by atoms with Crippen LogP contribution >= 0.6 is 11.3 Å². The number of aromatic nitrogens is 2. The van der Waals surface area contributed by atoms with Gasteiger partial charge in [0.1, 0.15) is 28.5 Å². The summed E-state index contributed by atoms with van der Waals surface area (Å²) in [6.07, 6.45) is 1.55. The van der Waals surface area contributed by atoms with Crippen molar-refractivity contribution in [1.29, 1.82) is 0 Å². The van der Waals surface area contributed by atoms with E-state index in [1.54, 1.807) is 32.7 Å². The van der Waals surface area contributed by atoms with E-state index >= 15 is 0 Å². The third-order valence-corrected chi connectivity index (χ3v) is 6.22. The van der Waals surface area contributed by atoms with E-state index in [4.69, 9.17) is 14.2 Å². The van der Waals surface area contributed by atoms with E-state index < -0.39 is 5.97 Å². The van der Waals surface area contributed by atoms with Gasteiger partial charge in [-0.3, -0.25) is 0 Å². The van der Waals surface area contributed by atoms with Crippen LogP contribution < -0.4 is 14.8 Å². The molecule has 0 aliphatic rings. The van der Waals surface area contributed by atoms with Gasteiger partial charge in [0.05, 0.1) is 37.8 Å². The zero-order valence-electron chi connectivity index (χ0n) is 18.2. The molecule has 0 aliphatic heterocycles. The lowest BCUT2D eigenvalue weighted by atomic mass is 10.1. The SMILES string of the molecule is COC(=O)c1cc(OC)c(-c2cc3c(N[C@H](C)c4ccccc4)ncnc3s2)c(OC)c1. The van der Waals surface area contributed by atoms with Crippen molar-refractivity contribution in [2.75, 3.05) is 26.6 Å². The standard InChI is InChI=1S/C24H23N3O4S/c1-14(15-8-6-5-7-9-15)27-22-17-12-20(32-23(17)26-13-25-22)21-18(29-2)10-16(24(28)31-4)11-19(21)30-3/h5-14H,1-4H3,(H,25,26,27)/t14-/m1/s1. The molecule has 4 rings (SSSR count). The Bertz CT molecular complexity index is 1230. The summed E-state index contributed by atoms with van der Waals surface area (Å²) in [5.41, 5.74) is 2.26. The fraction of sp³-hybridized carbons (Fsp3) is 0.208. The minimum Gasteiger partial charge on any atom is -0.496 e. The number of methoxy groups -OCH3 is 3. The van der Waals surface area contributed by atoms with Crippen LogP contribution in [0.25, 0.3) is 20.7 Å². The molecular formula is C24H23N3O4S. The molecule has 1 N–H and O–H groups in total. The summed E-state index contributed by atoms with van der Waals surface area (Å²) in [4.78, 5) is 22.7. The number of carbonyl (C=O) groups is 1. The van der Waals surface area contributed by atoms with E-state index in [0.29, 0.717) is 17.1 Å². The largest absolute Gasteiger partial charge is 0.496 e. The first-order valence-corrected chi connectivity index (χ1v) is 10.8. The van der Waals surface area contributed by atoms with Gasteiger partial charge >= 0.3 is 5.97 Å². The first-order chi connectivity index (χ1) is 15.5. The second kappa shape index (κ2) is 9.23. The van der Waals surface area contributed by atoms with Crippen molar-refractivity contribution in [2.45, 2.75) is 13.0 Å². The summed E-state index contributed by atoms with van der Waals surface area (Å²) < 4.78 is 16.0. The Hall–Kier alpha value is -3.65. The highest BCUT2D eigenvalue weighted by Crippen LogP contribution is 2.45. The highest BCUT2D eigenvalue weighted by Gasteiger charge is 2.21. The second-order valence-corrected chi connectivity index (χ2v) is 8.11. The Morgan fingerprint density at radius 2 is 1.69 bits per heavy atom.